The first kappa shape index (κ1) is 21.1. The van der Waals surface area contributed by atoms with Crippen LogP contribution in [0.2, 0.25) is 0 Å². The molecule has 0 bridgehead atoms. The van der Waals surface area contributed by atoms with E-state index in [0.29, 0.717) is 28.6 Å². The Morgan fingerprint density at radius 3 is 2.59 bits per heavy atom. The molecule has 0 radical (unpaired) electrons. The quantitative estimate of drug-likeness (QED) is 0.616. The van der Waals surface area contributed by atoms with Crippen molar-refractivity contribution in [3.05, 3.63) is 65.0 Å². The van der Waals surface area contributed by atoms with Crippen LogP contribution in [-0.2, 0) is 9.59 Å². The first-order chi connectivity index (χ1) is 15.5. The summed E-state index contributed by atoms with van der Waals surface area (Å²) in [5.41, 5.74) is 2.26. The van der Waals surface area contributed by atoms with E-state index in [1.165, 1.54) is 13.2 Å². The number of nitrogens with one attached hydrogen (secondary N) is 2. The van der Waals surface area contributed by atoms with E-state index >= 15 is 0 Å². The maximum atomic E-state index is 12.9. The van der Waals surface area contributed by atoms with Gasteiger partial charge in [0.2, 0.25) is 11.8 Å². The summed E-state index contributed by atoms with van der Waals surface area (Å²) in [5, 5.41) is 9.27. The summed E-state index contributed by atoms with van der Waals surface area (Å²) in [6.07, 6.45) is 0.112. The standard InChI is InChI=1S/C23H22N4O5/c1-31-19-8-6-17(12-20(19)32-2)27-13-15(11-22(27)29)23(30)24-16-5-3-4-14(10-16)18-7-9-21(28)26-25-18/h3-10,12,15H,11,13H2,1-2H3,(H,24,30)(H,26,28). The summed E-state index contributed by atoms with van der Waals surface area (Å²) < 4.78 is 10.6. The Hall–Kier alpha value is -4.14. The molecule has 2 heterocycles. The van der Waals surface area contributed by atoms with Crippen LogP contribution in [0.4, 0.5) is 11.4 Å². The van der Waals surface area contributed by atoms with E-state index in [1.807, 2.05) is 6.07 Å². The van der Waals surface area contributed by atoms with Gasteiger partial charge >= 0.3 is 0 Å². The number of hydrogen-bond acceptors (Lipinski definition) is 6. The zero-order valence-corrected chi connectivity index (χ0v) is 17.6. The summed E-state index contributed by atoms with van der Waals surface area (Å²) in [6, 6.07) is 15.3. The second-order valence-corrected chi connectivity index (χ2v) is 7.32. The van der Waals surface area contributed by atoms with Crippen molar-refractivity contribution in [1.82, 2.24) is 10.2 Å². The summed E-state index contributed by atoms with van der Waals surface area (Å²) >= 11 is 0. The van der Waals surface area contributed by atoms with Crippen LogP contribution in [-0.4, -0.2) is 42.8 Å². The van der Waals surface area contributed by atoms with Gasteiger partial charge in [0.15, 0.2) is 11.5 Å². The maximum Gasteiger partial charge on any atom is 0.264 e. The lowest BCUT2D eigenvalue weighted by Gasteiger charge is -2.18. The van der Waals surface area contributed by atoms with Crippen molar-refractivity contribution in [3.8, 4) is 22.8 Å². The molecule has 9 heteroatoms. The fourth-order valence-electron chi connectivity index (χ4n) is 3.63. The third kappa shape index (κ3) is 4.31. The minimum absolute atomic E-state index is 0.112. The van der Waals surface area contributed by atoms with Crippen LogP contribution >= 0.6 is 0 Å². The Morgan fingerprint density at radius 1 is 1.06 bits per heavy atom. The van der Waals surface area contributed by atoms with Crippen LogP contribution in [0.1, 0.15) is 6.42 Å². The van der Waals surface area contributed by atoms with Gasteiger partial charge in [-0.25, -0.2) is 5.10 Å². The smallest absolute Gasteiger partial charge is 0.264 e. The van der Waals surface area contributed by atoms with Gasteiger partial charge in [-0.15, -0.1) is 0 Å². The molecule has 0 saturated carbocycles. The van der Waals surface area contributed by atoms with Gasteiger partial charge in [0.1, 0.15) is 0 Å². The summed E-state index contributed by atoms with van der Waals surface area (Å²) in [6.45, 7) is 0.265. The van der Waals surface area contributed by atoms with Crippen LogP contribution in [0.25, 0.3) is 11.3 Å². The van der Waals surface area contributed by atoms with E-state index in [0.717, 1.165) is 5.56 Å². The molecule has 9 nitrogen and oxygen atoms in total. The first-order valence-corrected chi connectivity index (χ1v) is 9.98. The highest BCUT2D eigenvalue weighted by atomic mass is 16.5. The lowest BCUT2D eigenvalue weighted by atomic mass is 10.1. The Morgan fingerprint density at radius 2 is 1.88 bits per heavy atom. The summed E-state index contributed by atoms with van der Waals surface area (Å²) in [7, 11) is 3.07. The Labute approximate surface area is 184 Å². The molecular formula is C23H22N4O5. The molecule has 1 atom stereocenters. The van der Waals surface area contributed by atoms with E-state index in [1.54, 1.807) is 54.5 Å². The predicted molar refractivity (Wildman–Crippen MR) is 119 cm³/mol. The lowest BCUT2D eigenvalue weighted by Crippen LogP contribution is -2.28. The number of carbonyl (C=O) groups excluding carboxylic acids is 2. The Kier molecular flexibility index (Phi) is 5.89. The van der Waals surface area contributed by atoms with Crippen LogP contribution in [0.3, 0.4) is 0 Å². The zero-order chi connectivity index (χ0) is 22.7. The molecule has 1 aromatic heterocycles. The molecule has 164 valence electrons. The molecule has 0 spiro atoms. The number of H-pyrrole nitrogens is 1. The van der Waals surface area contributed by atoms with Gasteiger partial charge in [0, 0.05) is 42.0 Å². The van der Waals surface area contributed by atoms with Crippen LogP contribution in [0, 0.1) is 5.92 Å². The minimum Gasteiger partial charge on any atom is -0.493 e. The van der Waals surface area contributed by atoms with Crippen LogP contribution in [0.15, 0.2) is 59.4 Å². The third-order valence-corrected chi connectivity index (χ3v) is 5.28. The molecule has 1 fully saturated rings. The van der Waals surface area contributed by atoms with Crippen LogP contribution in [0.5, 0.6) is 11.5 Å². The number of nitrogens with zero attached hydrogens (tertiary/aromatic N) is 2. The van der Waals surface area contributed by atoms with Gasteiger partial charge in [-0.3, -0.25) is 14.4 Å². The molecule has 3 aromatic rings. The number of aromatic nitrogens is 2. The molecule has 4 rings (SSSR count). The number of methoxy groups -OCH3 is 2. The molecule has 2 N–H and O–H groups in total. The van der Waals surface area contributed by atoms with Gasteiger partial charge in [-0.2, -0.15) is 5.10 Å². The number of ether oxygens (including phenoxy) is 2. The van der Waals surface area contributed by atoms with E-state index in [9.17, 15) is 14.4 Å². The number of benzene rings is 2. The largest absolute Gasteiger partial charge is 0.493 e. The predicted octanol–water partition coefficient (Wildman–Crippen LogP) is 2.45. The molecule has 32 heavy (non-hydrogen) atoms. The van der Waals surface area contributed by atoms with E-state index in [2.05, 4.69) is 15.5 Å². The number of aromatic amines is 1. The average molecular weight is 434 g/mol. The fourth-order valence-corrected chi connectivity index (χ4v) is 3.63. The summed E-state index contributed by atoms with van der Waals surface area (Å²) in [4.78, 5) is 38.2. The van der Waals surface area contributed by atoms with Crippen molar-refractivity contribution in [2.45, 2.75) is 6.42 Å². The topological polar surface area (TPSA) is 114 Å². The van der Waals surface area contributed by atoms with Gasteiger partial charge in [-0.05, 0) is 30.3 Å². The second-order valence-electron chi connectivity index (χ2n) is 7.32. The highest BCUT2D eigenvalue weighted by Crippen LogP contribution is 2.34. The van der Waals surface area contributed by atoms with Gasteiger partial charge in [0.25, 0.3) is 5.56 Å². The molecule has 0 aliphatic carbocycles. The molecule has 1 aliphatic rings. The van der Waals surface area contributed by atoms with Crippen molar-refractivity contribution >= 4 is 23.2 Å². The number of carbonyl (C=O) groups is 2. The Balaban J connectivity index is 1.47. The average Bonchev–Trinajstić information content (AvgIpc) is 3.21. The lowest BCUT2D eigenvalue weighted by molar-refractivity contribution is -0.122. The van der Waals surface area contributed by atoms with E-state index in [4.69, 9.17) is 9.47 Å². The fraction of sp³-hybridized carbons (Fsp3) is 0.217. The number of anilines is 2. The second kappa shape index (κ2) is 8.93. The minimum atomic E-state index is -0.495. The van der Waals surface area contributed by atoms with Gasteiger partial charge in [-0.1, -0.05) is 12.1 Å². The van der Waals surface area contributed by atoms with Gasteiger partial charge in [0.05, 0.1) is 25.8 Å². The van der Waals surface area contributed by atoms with Crippen molar-refractivity contribution < 1.29 is 19.1 Å². The van der Waals surface area contributed by atoms with Crippen molar-refractivity contribution in [2.75, 3.05) is 31.0 Å². The third-order valence-electron chi connectivity index (χ3n) is 5.28. The van der Waals surface area contributed by atoms with Crippen molar-refractivity contribution in [3.63, 3.8) is 0 Å². The Bertz CT molecular complexity index is 1200. The molecule has 2 aromatic carbocycles. The monoisotopic (exact) mass is 434 g/mol. The van der Waals surface area contributed by atoms with E-state index < -0.39 is 5.92 Å². The van der Waals surface area contributed by atoms with E-state index in [-0.39, 0.29) is 30.3 Å². The number of rotatable bonds is 6. The maximum absolute atomic E-state index is 12.9. The molecule has 1 unspecified atom stereocenters. The molecule has 2 amide bonds. The van der Waals surface area contributed by atoms with Gasteiger partial charge < -0.3 is 19.7 Å². The first-order valence-electron chi connectivity index (χ1n) is 9.98. The zero-order valence-electron chi connectivity index (χ0n) is 17.6. The normalized spacial score (nSPS) is 15.5. The van der Waals surface area contributed by atoms with Crippen molar-refractivity contribution in [2.24, 2.45) is 5.92 Å². The molecule has 1 aliphatic heterocycles. The van der Waals surface area contributed by atoms with Crippen molar-refractivity contribution in [1.29, 1.82) is 0 Å². The SMILES string of the molecule is COc1ccc(N2CC(C(=O)Nc3cccc(-c4ccc(=O)[nH]n4)c3)CC2=O)cc1OC. The molecular weight excluding hydrogens is 412 g/mol. The molecule has 1 saturated heterocycles. The summed E-state index contributed by atoms with van der Waals surface area (Å²) in [5.74, 6) is 0.203. The number of amides is 2. The van der Waals surface area contributed by atoms with Crippen LogP contribution < -0.4 is 25.2 Å². The highest BCUT2D eigenvalue weighted by Gasteiger charge is 2.35. The number of hydrogen-bond donors (Lipinski definition) is 2. The highest BCUT2D eigenvalue weighted by molar-refractivity contribution is 6.03.